The van der Waals surface area contributed by atoms with E-state index < -0.39 is 0 Å². The summed E-state index contributed by atoms with van der Waals surface area (Å²) in [6, 6.07) is 8.91. The van der Waals surface area contributed by atoms with Crippen LogP contribution in [0.2, 0.25) is 0 Å². The summed E-state index contributed by atoms with van der Waals surface area (Å²) in [5.41, 5.74) is 2.26. The number of piperidine rings is 1. The first kappa shape index (κ1) is 17.5. The summed E-state index contributed by atoms with van der Waals surface area (Å²) < 4.78 is 1.82. The smallest absolute Gasteiger partial charge is 0.131 e. The molecule has 0 bridgehead atoms. The number of aryl methyl sites for hydroxylation is 1. The molecule has 1 saturated heterocycles. The van der Waals surface area contributed by atoms with Gasteiger partial charge in [-0.3, -0.25) is 4.68 Å². The van der Waals surface area contributed by atoms with Gasteiger partial charge in [0, 0.05) is 36.4 Å². The number of pyridine rings is 1. The Kier molecular flexibility index (Phi) is 4.81. The van der Waals surface area contributed by atoms with E-state index in [1.165, 1.54) is 0 Å². The van der Waals surface area contributed by atoms with Crippen LogP contribution in [-0.4, -0.2) is 45.8 Å². The fraction of sp³-hybridized carbons (Fsp3) is 0.333. The molecule has 6 nitrogen and oxygen atoms in total. The number of rotatable bonds is 5. The van der Waals surface area contributed by atoms with Crippen molar-refractivity contribution in [2.45, 2.75) is 18.9 Å². The largest absolute Gasteiger partial charge is 0.369 e. The SMILES string of the molecule is C=C(Nc1cc2cc(-c3cnn(C)c3)ccc2cn1)NC1CCN(C)CC1. The Morgan fingerprint density at radius 1 is 1.07 bits per heavy atom. The molecule has 140 valence electrons. The van der Waals surface area contributed by atoms with Crippen molar-refractivity contribution in [2.24, 2.45) is 7.05 Å². The number of anilines is 1. The van der Waals surface area contributed by atoms with Crippen molar-refractivity contribution in [1.82, 2.24) is 25.0 Å². The van der Waals surface area contributed by atoms with Gasteiger partial charge in [-0.25, -0.2) is 4.98 Å². The predicted octanol–water partition coefficient (Wildman–Crippen LogP) is 3.20. The number of fused-ring (bicyclic) bond motifs is 1. The zero-order valence-electron chi connectivity index (χ0n) is 15.9. The van der Waals surface area contributed by atoms with Crippen molar-refractivity contribution in [1.29, 1.82) is 0 Å². The molecule has 6 heteroatoms. The summed E-state index contributed by atoms with van der Waals surface area (Å²) in [6.45, 7) is 6.37. The van der Waals surface area contributed by atoms with Crippen molar-refractivity contribution in [3.8, 4) is 11.1 Å². The fourth-order valence-corrected chi connectivity index (χ4v) is 3.55. The van der Waals surface area contributed by atoms with E-state index in [4.69, 9.17) is 0 Å². The van der Waals surface area contributed by atoms with Crippen LogP contribution in [0, 0.1) is 0 Å². The Labute approximate surface area is 159 Å². The molecular weight excluding hydrogens is 336 g/mol. The molecule has 0 spiro atoms. The molecule has 1 aliphatic rings. The normalized spacial score (nSPS) is 15.8. The molecule has 3 heterocycles. The summed E-state index contributed by atoms with van der Waals surface area (Å²) in [7, 11) is 4.10. The van der Waals surface area contributed by atoms with Crippen molar-refractivity contribution in [2.75, 3.05) is 25.5 Å². The Morgan fingerprint density at radius 3 is 2.63 bits per heavy atom. The molecule has 0 amide bonds. The van der Waals surface area contributed by atoms with Crippen molar-refractivity contribution in [3.63, 3.8) is 0 Å². The van der Waals surface area contributed by atoms with Crippen LogP contribution in [0.25, 0.3) is 21.9 Å². The van der Waals surface area contributed by atoms with Crippen molar-refractivity contribution >= 4 is 16.6 Å². The molecule has 0 atom stereocenters. The molecule has 2 N–H and O–H groups in total. The molecule has 0 unspecified atom stereocenters. The highest BCUT2D eigenvalue weighted by atomic mass is 15.2. The molecule has 1 fully saturated rings. The summed E-state index contributed by atoms with van der Waals surface area (Å²) in [5, 5.41) is 13.3. The van der Waals surface area contributed by atoms with E-state index in [-0.39, 0.29) is 0 Å². The first-order valence-electron chi connectivity index (χ1n) is 9.37. The van der Waals surface area contributed by atoms with Crippen LogP contribution in [0.5, 0.6) is 0 Å². The minimum absolute atomic E-state index is 0.471. The van der Waals surface area contributed by atoms with Gasteiger partial charge in [0.25, 0.3) is 0 Å². The number of hydrogen-bond acceptors (Lipinski definition) is 5. The van der Waals surface area contributed by atoms with Crippen LogP contribution >= 0.6 is 0 Å². The first-order chi connectivity index (χ1) is 13.1. The Balaban J connectivity index is 1.48. The number of benzene rings is 1. The highest BCUT2D eigenvalue weighted by Gasteiger charge is 2.16. The molecule has 1 aromatic carbocycles. The number of aromatic nitrogens is 3. The molecule has 0 saturated carbocycles. The van der Waals surface area contributed by atoms with Gasteiger partial charge in [0.05, 0.1) is 12.0 Å². The molecule has 4 rings (SSSR count). The average molecular weight is 362 g/mol. The van der Waals surface area contributed by atoms with Gasteiger partial charge in [-0.1, -0.05) is 18.7 Å². The summed E-state index contributed by atoms with van der Waals surface area (Å²) in [6.07, 6.45) is 8.07. The van der Waals surface area contributed by atoms with Crippen molar-refractivity contribution < 1.29 is 0 Å². The van der Waals surface area contributed by atoms with E-state index in [9.17, 15) is 0 Å². The van der Waals surface area contributed by atoms with Gasteiger partial charge in [-0.05, 0) is 56.1 Å². The maximum Gasteiger partial charge on any atom is 0.131 e. The van der Waals surface area contributed by atoms with Gasteiger partial charge in [-0.15, -0.1) is 0 Å². The summed E-state index contributed by atoms with van der Waals surface area (Å²) in [4.78, 5) is 6.88. The second kappa shape index (κ2) is 7.40. The van der Waals surface area contributed by atoms with E-state index in [2.05, 4.69) is 63.5 Å². The van der Waals surface area contributed by atoms with Gasteiger partial charge in [0.15, 0.2) is 0 Å². The zero-order chi connectivity index (χ0) is 18.8. The fourth-order valence-electron chi connectivity index (χ4n) is 3.55. The standard InChI is InChI=1S/C21H26N6/c1-15(24-20-6-8-26(2)9-7-20)25-21-11-18-10-16(4-5-17(18)12-22-21)19-13-23-27(3)14-19/h4-5,10-14,20,24H,1,6-9H2,2-3H3,(H,22,25). The minimum atomic E-state index is 0.471. The maximum absolute atomic E-state index is 4.52. The highest BCUT2D eigenvalue weighted by molar-refractivity contribution is 5.88. The van der Waals surface area contributed by atoms with E-state index in [0.29, 0.717) is 6.04 Å². The molecule has 27 heavy (non-hydrogen) atoms. The Hall–Kier alpha value is -2.86. The zero-order valence-corrected chi connectivity index (χ0v) is 15.9. The number of nitrogens with one attached hydrogen (secondary N) is 2. The van der Waals surface area contributed by atoms with Crippen molar-refractivity contribution in [3.05, 3.63) is 55.3 Å². The van der Waals surface area contributed by atoms with E-state index in [0.717, 1.165) is 59.5 Å². The van der Waals surface area contributed by atoms with Gasteiger partial charge in [-0.2, -0.15) is 5.10 Å². The second-order valence-corrected chi connectivity index (χ2v) is 7.36. The van der Waals surface area contributed by atoms with Gasteiger partial charge in [0.1, 0.15) is 5.82 Å². The second-order valence-electron chi connectivity index (χ2n) is 7.36. The highest BCUT2D eigenvalue weighted by Crippen LogP contribution is 2.25. The van der Waals surface area contributed by atoms with E-state index in [1.807, 2.05) is 30.3 Å². The predicted molar refractivity (Wildman–Crippen MR) is 110 cm³/mol. The lowest BCUT2D eigenvalue weighted by atomic mass is 10.0. The van der Waals surface area contributed by atoms with Crippen LogP contribution in [0.15, 0.2) is 55.3 Å². The third-order valence-electron chi connectivity index (χ3n) is 5.14. The molecule has 0 aliphatic carbocycles. The lowest BCUT2D eigenvalue weighted by Crippen LogP contribution is -2.41. The molecule has 3 aromatic rings. The maximum atomic E-state index is 4.52. The first-order valence-corrected chi connectivity index (χ1v) is 9.37. The van der Waals surface area contributed by atoms with Crippen LogP contribution in [0.4, 0.5) is 5.82 Å². The lowest BCUT2D eigenvalue weighted by Gasteiger charge is -2.30. The number of likely N-dealkylation sites (tertiary alicyclic amines) is 1. The third kappa shape index (κ3) is 4.11. The van der Waals surface area contributed by atoms with Gasteiger partial charge >= 0.3 is 0 Å². The summed E-state index contributed by atoms with van der Waals surface area (Å²) in [5.74, 6) is 1.61. The third-order valence-corrected chi connectivity index (χ3v) is 5.14. The van der Waals surface area contributed by atoms with Crippen LogP contribution in [0.3, 0.4) is 0 Å². The number of hydrogen-bond donors (Lipinski definition) is 2. The van der Waals surface area contributed by atoms with Crippen LogP contribution in [-0.2, 0) is 7.05 Å². The lowest BCUT2D eigenvalue weighted by molar-refractivity contribution is 0.242. The Bertz CT molecular complexity index is 952. The molecule has 1 aliphatic heterocycles. The average Bonchev–Trinajstić information content (AvgIpc) is 3.09. The van der Waals surface area contributed by atoms with E-state index >= 15 is 0 Å². The molecule has 2 aromatic heterocycles. The Morgan fingerprint density at radius 2 is 1.89 bits per heavy atom. The monoisotopic (exact) mass is 362 g/mol. The van der Waals surface area contributed by atoms with Crippen LogP contribution in [0.1, 0.15) is 12.8 Å². The molecular formula is C21H26N6. The molecule has 0 radical (unpaired) electrons. The minimum Gasteiger partial charge on any atom is -0.369 e. The van der Waals surface area contributed by atoms with E-state index in [1.54, 1.807) is 0 Å². The number of nitrogens with zero attached hydrogens (tertiary/aromatic N) is 4. The van der Waals surface area contributed by atoms with Crippen LogP contribution < -0.4 is 10.6 Å². The topological polar surface area (TPSA) is 58.0 Å². The van der Waals surface area contributed by atoms with Gasteiger partial charge in [0.2, 0.25) is 0 Å². The van der Waals surface area contributed by atoms with Gasteiger partial charge < -0.3 is 15.5 Å². The summed E-state index contributed by atoms with van der Waals surface area (Å²) >= 11 is 0. The quantitative estimate of drug-likeness (QED) is 0.730.